The number of para-hydroxylation sites is 1. The molecule has 2 N–H and O–H groups in total. The first-order valence-corrected chi connectivity index (χ1v) is 7.91. The Morgan fingerprint density at radius 2 is 2.04 bits per heavy atom. The van der Waals surface area contributed by atoms with E-state index in [1.54, 1.807) is 18.2 Å². The van der Waals surface area contributed by atoms with Crippen LogP contribution >= 0.6 is 11.6 Å². The van der Waals surface area contributed by atoms with Gasteiger partial charge in [0.1, 0.15) is 17.4 Å². The Hall–Kier alpha value is -3.30. The zero-order valence-electron chi connectivity index (χ0n) is 13.8. The van der Waals surface area contributed by atoms with Crippen LogP contribution in [-0.2, 0) is 9.59 Å². The molecule has 0 saturated heterocycles. The van der Waals surface area contributed by atoms with Crippen LogP contribution in [0, 0.1) is 18.3 Å². The number of hydrogen-bond donors (Lipinski definition) is 2. The molecule has 132 valence electrons. The molecule has 0 spiro atoms. The fourth-order valence-corrected chi connectivity index (χ4v) is 2.33. The number of carbonyl (C=O) groups excluding carboxylic acids is 1. The summed E-state index contributed by atoms with van der Waals surface area (Å²) in [6, 6.07) is 13.6. The molecule has 0 atom stereocenters. The highest BCUT2D eigenvalue weighted by atomic mass is 35.5. The Bertz CT molecular complexity index is 916. The van der Waals surface area contributed by atoms with Crippen molar-refractivity contribution < 1.29 is 19.4 Å². The van der Waals surface area contributed by atoms with Crippen molar-refractivity contribution in [1.29, 1.82) is 5.26 Å². The summed E-state index contributed by atoms with van der Waals surface area (Å²) in [7, 11) is 0. The molecule has 2 aromatic carbocycles. The van der Waals surface area contributed by atoms with Crippen molar-refractivity contribution in [3.8, 4) is 11.8 Å². The lowest BCUT2D eigenvalue weighted by Gasteiger charge is -2.08. The molecule has 2 aromatic rings. The van der Waals surface area contributed by atoms with Gasteiger partial charge in [0.15, 0.2) is 6.61 Å². The van der Waals surface area contributed by atoms with E-state index >= 15 is 0 Å². The number of halogens is 1. The molecule has 26 heavy (non-hydrogen) atoms. The Kier molecular flexibility index (Phi) is 6.36. The zero-order chi connectivity index (χ0) is 19.1. The summed E-state index contributed by atoms with van der Waals surface area (Å²) in [6.45, 7) is 1.33. The largest absolute Gasteiger partial charge is 0.480 e. The Morgan fingerprint density at radius 3 is 2.65 bits per heavy atom. The second-order valence-corrected chi connectivity index (χ2v) is 5.72. The Labute approximate surface area is 155 Å². The molecular weight excluding hydrogens is 356 g/mol. The SMILES string of the molecule is Cc1ccccc1NC(=O)/C(C#N)=C/c1ccc(OCC(=O)O)c(Cl)c1. The van der Waals surface area contributed by atoms with Gasteiger partial charge in [-0.15, -0.1) is 0 Å². The van der Waals surface area contributed by atoms with Crippen molar-refractivity contribution in [2.75, 3.05) is 11.9 Å². The molecule has 6 nitrogen and oxygen atoms in total. The summed E-state index contributed by atoms with van der Waals surface area (Å²) < 4.78 is 5.03. The predicted octanol–water partition coefficient (Wildman–Crippen LogP) is 3.66. The highest BCUT2D eigenvalue weighted by Gasteiger charge is 2.11. The van der Waals surface area contributed by atoms with E-state index < -0.39 is 18.5 Å². The Morgan fingerprint density at radius 1 is 1.31 bits per heavy atom. The number of benzene rings is 2. The first kappa shape index (κ1) is 19.0. The minimum absolute atomic E-state index is 0.0940. The molecular formula is C19H15ClN2O4. The highest BCUT2D eigenvalue weighted by Crippen LogP contribution is 2.26. The van der Waals surface area contributed by atoms with Crippen molar-refractivity contribution in [3.05, 3.63) is 64.2 Å². The number of nitrogens with zero attached hydrogens (tertiary/aromatic N) is 1. The molecule has 0 radical (unpaired) electrons. The van der Waals surface area contributed by atoms with Crippen LogP contribution in [0.4, 0.5) is 5.69 Å². The molecule has 2 rings (SSSR count). The van der Waals surface area contributed by atoms with Gasteiger partial charge in [-0.25, -0.2) is 4.79 Å². The van der Waals surface area contributed by atoms with Crippen LogP contribution in [0.2, 0.25) is 5.02 Å². The standard InChI is InChI=1S/C19H15ClN2O4/c1-12-4-2-3-5-16(12)22-19(25)14(10-21)8-13-6-7-17(15(20)9-13)26-11-18(23)24/h2-9H,11H2,1H3,(H,22,25)(H,23,24)/b14-8+. The lowest BCUT2D eigenvalue weighted by molar-refractivity contribution is -0.139. The molecule has 0 aliphatic carbocycles. The van der Waals surface area contributed by atoms with Gasteiger partial charge in [-0.3, -0.25) is 4.79 Å². The Balaban J connectivity index is 2.19. The molecule has 7 heteroatoms. The third kappa shape index (κ3) is 5.10. The number of anilines is 1. The van der Waals surface area contributed by atoms with Crippen LogP contribution < -0.4 is 10.1 Å². The number of carboxylic acids is 1. The number of rotatable bonds is 6. The molecule has 1 amide bonds. The van der Waals surface area contributed by atoms with E-state index in [2.05, 4.69) is 5.32 Å². The number of hydrogen-bond acceptors (Lipinski definition) is 4. The first-order chi connectivity index (χ1) is 12.4. The molecule has 0 saturated carbocycles. The van der Waals surface area contributed by atoms with Gasteiger partial charge in [-0.05, 0) is 42.3 Å². The summed E-state index contributed by atoms with van der Waals surface area (Å²) in [5, 5.41) is 20.8. The molecule has 0 aromatic heterocycles. The predicted molar refractivity (Wildman–Crippen MR) is 98.0 cm³/mol. The van der Waals surface area contributed by atoms with E-state index in [-0.39, 0.29) is 16.3 Å². The van der Waals surface area contributed by atoms with E-state index in [9.17, 15) is 14.9 Å². The topological polar surface area (TPSA) is 99.4 Å². The number of carboxylic acid groups (broad SMARTS) is 1. The van der Waals surface area contributed by atoms with Crippen LogP contribution in [-0.4, -0.2) is 23.6 Å². The maximum absolute atomic E-state index is 12.3. The molecule has 0 aliphatic rings. The lowest BCUT2D eigenvalue weighted by Crippen LogP contribution is -2.14. The molecule has 0 unspecified atom stereocenters. The number of amides is 1. The van der Waals surface area contributed by atoms with Gasteiger partial charge >= 0.3 is 5.97 Å². The second-order valence-electron chi connectivity index (χ2n) is 5.31. The van der Waals surface area contributed by atoms with E-state index in [0.717, 1.165) is 5.56 Å². The summed E-state index contributed by atoms with van der Waals surface area (Å²) in [5.41, 5.74) is 1.91. The van der Waals surface area contributed by atoms with E-state index in [4.69, 9.17) is 21.4 Å². The van der Waals surface area contributed by atoms with Gasteiger partial charge in [0.25, 0.3) is 5.91 Å². The van der Waals surface area contributed by atoms with Crippen molar-refractivity contribution in [3.63, 3.8) is 0 Å². The minimum atomic E-state index is -1.12. The van der Waals surface area contributed by atoms with Gasteiger partial charge in [0.2, 0.25) is 0 Å². The molecule has 0 heterocycles. The van der Waals surface area contributed by atoms with Crippen LogP contribution in [0.3, 0.4) is 0 Å². The quantitative estimate of drug-likeness (QED) is 0.597. The molecule has 0 fully saturated rings. The van der Waals surface area contributed by atoms with Gasteiger partial charge in [-0.2, -0.15) is 5.26 Å². The fourth-order valence-electron chi connectivity index (χ4n) is 2.08. The fraction of sp³-hybridized carbons (Fsp3) is 0.105. The summed E-state index contributed by atoms with van der Waals surface area (Å²) in [6.07, 6.45) is 1.39. The number of nitrogens with one attached hydrogen (secondary N) is 1. The number of ether oxygens (including phenoxy) is 1. The summed E-state index contributed by atoms with van der Waals surface area (Å²) in [4.78, 5) is 22.8. The summed E-state index contributed by atoms with van der Waals surface area (Å²) >= 11 is 6.04. The van der Waals surface area contributed by atoms with E-state index in [1.165, 1.54) is 18.2 Å². The molecule has 0 bridgehead atoms. The highest BCUT2D eigenvalue weighted by molar-refractivity contribution is 6.32. The van der Waals surface area contributed by atoms with Crippen molar-refractivity contribution in [2.24, 2.45) is 0 Å². The third-order valence-corrected chi connectivity index (χ3v) is 3.67. The number of aliphatic carboxylic acids is 1. The van der Waals surface area contributed by atoms with Crippen molar-refractivity contribution >= 4 is 35.2 Å². The van der Waals surface area contributed by atoms with Gasteiger partial charge in [0.05, 0.1) is 5.02 Å². The number of nitriles is 1. The lowest BCUT2D eigenvalue weighted by atomic mass is 10.1. The maximum Gasteiger partial charge on any atom is 0.341 e. The molecule has 0 aliphatic heterocycles. The van der Waals surface area contributed by atoms with Crippen LogP contribution in [0.15, 0.2) is 48.0 Å². The zero-order valence-corrected chi connectivity index (χ0v) is 14.6. The monoisotopic (exact) mass is 370 g/mol. The minimum Gasteiger partial charge on any atom is -0.480 e. The number of carbonyl (C=O) groups is 2. The van der Waals surface area contributed by atoms with E-state index in [0.29, 0.717) is 11.3 Å². The first-order valence-electron chi connectivity index (χ1n) is 7.53. The van der Waals surface area contributed by atoms with Crippen LogP contribution in [0.1, 0.15) is 11.1 Å². The second kappa shape index (κ2) is 8.70. The smallest absolute Gasteiger partial charge is 0.341 e. The normalized spacial score (nSPS) is 10.7. The van der Waals surface area contributed by atoms with E-state index in [1.807, 2.05) is 25.1 Å². The average Bonchev–Trinajstić information content (AvgIpc) is 2.60. The third-order valence-electron chi connectivity index (χ3n) is 3.38. The van der Waals surface area contributed by atoms with Crippen LogP contribution in [0.25, 0.3) is 6.08 Å². The van der Waals surface area contributed by atoms with Gasteiger partial charge in [0, 0.05) is 5.69 Å². The van der Waals surface area contributed by atoms with Gasteiger partial charge in [-0.1, -0.05) is 35.9 Å². The van der Waals surface area contributed by atoms with Crippen LogP contribution in [0.5, 0.6) is 5.75 Å². The summed E-state index contributed by atoms with van der Waals surface area (Å²) in [5.74, 6) is -1.46. The average molecular weight is 371 g/mol. The van der Waals surface area contributed by atoms with Gasteiger partial charge < -0.3 is 15.2 Å². The maximum atomic E-state index is 12.3. The van der Waals surface area contributed by atoms with Crippen molar-refractivity contribution in [1.82, 2.24) is 0 Å². The number of aryl methyl sites for hydroxylation is 1. The van der Waals surface area contributed by atoms with Crippen molar-refractivity contribution in [2.45, 2.75) is 6.92 Å².